The molecule has 0 spiro atoms. The van der Waals surface area contributed by atoms with E-state index >= 15 is 0 Å². The van der Waals surface area contributed by atoms with Crippen molar-refractivity contribution < 1.29 is 16.5 Å². The topological polar surface area (TPSA) is 36.9 Å². The molecule has 116 valence electrons. The number of rotatable bonds is 3. The van der Waals surface area contributed by atoms with Crippen molar-refractivity contribution in [2.45, 2.75) is 51.4 Å². The van der Waals surface area contributed by atoms with Crippen molar-refractivity contribution in [1.29, 1.82) is 0 Å². The molecule has 0 amide bonds. The average molecular weight is 349 g/mol. The van der Waals surface area contributed by atoms with Crippen LogP contribution in [0.4, 0.5) is 0 Å². The lowest BCUT2D eigenvalue weighted by Gasteiger charge is -2.48. The Morgan fingerprint density at radius 1 is 0.650 bits per heavy atom. The molecule has 1 rings (SSSR count). The van der Waals surface area contributed by atoms with Crippen LogP contribution in [0.2, 0.25) is 51.4 Å². The summed E-state index contributed by atoms with van der Waals surface area (Å²) in [5.41, 5.74) is 0.0242. The molecule has 0 aromatic heterocycles. The molecule has 4 nitrogen and oxygen atoms in total. The normalized spacial score (nSPS) is 27.4. The van der Waals surface area contributed by atoms with Gasteiger partial charge < -0.3 is 16.5 Å². The largest absolute Gasteiger partial charge is 0.416 e. The lowest BCUT2D eigenvalue weighted by molar-refractivity contribution is 0.233. The van der Waals surface area contributed by atoms with E-state index in [0.29, 0.717) is 0 Å². The fourth-order valence-electron chi connectivity index (χ4n) is 2.90. The van der Waals surface area contributed by atoms with Gasteiger partial charge in [0.05, 0.1) is 0 Å². The van der Waals surface area contributed by atoms with E-state index in [9.17, 15) is 0 Å². The van der Waals surface area contributed by atoms with Crippen LogP contribution in [0.25, 0.3) is 0 Å². The minimum atomic E-state index is -2.52. The first-order valence-corrected chi connectivity index (χ1v) is 17.7. The van der Waals surface area contributed by atoms with Gasteiger partial charge in [-0.2, -0.15) is 0 Å². The molecule has 1 saturated heterocycles. The quantitative estimate of drug-likeness (QED) is 0.571. The highest BCUT2D eigenvalue weighted by atomic mass is 28.5. The third-order valence-corrected chi connectivity index (χ3v) is 19.7. The maximum absolute atomic E-state index is 6.46. The average Bonchev–Trinajstić information content (AvgIpc) is 2.09. The summed E-state index contributed by atoms with van der Waals surface area (Å²) < 4.78 is 25.5. The summed E-state index contributed by atoms with van der Waals surface area (Å²) in [5, 5.41) is 0. The van der Waals surface area contributed by atoms with Crippen LogP contribution in [0.3, 0.4) is 0 Å². The standard InChI is InChI=1S/C12H28O4Si4/c1-10-12(11-2)20(9)15-18(5,6)13-17(3,4)14-19(7,8)16-20/h10-12H,1-2H2,3-9H3. The van der Waals surface area contributed by atoms with E-state index in [1.165, 1.54) is 0 Å². The summed E-state index contributed by atoms with van der Waals surface area (Å²) in [4.78, 5) is 0. The number of hydrogen-bond donors (Lipinski definition) is 0. The summed E-state index contributed by atoms with van der Waals surface area (Å²) in [6.07, 6.45) is 3.72. The molecular weight excluding hydrogens is 320 g/mol. The predicted octanol–water partition coefficient (Wildman–Crippen LogP) is 3.99. The second-order valence-corrected chi connectivity index (χ2v) is 21.0. The van der Waals surface area contributed by atoms with Gasteiger partial charge in [0.2, 0.25) is 0 Å². The highest BCUT2D eigenvalue weighted by molar-refractivity contribution is 6.93. The fourth-order valence-corrected chi connectivity index (χ4v) is 24.3. The number of hydrogen-bond acceptors (Lipinski definition) is 4. The monoisotopic (exact) mass is 348 g/mol. The van der Waals surface area contributed by atoms with Gasteiger partial charge in [-0.3, -0.25) is 0 Å². The van der Waals surface area contributed by atoms with Gasteiger partial charge in [-0.15, -0.1) is 13.2 Å². The molecular formula is C12H28O4Si4. The Labute approximate surface area is 127 Å². The van der Waals surface area contributed by atoms with Crippen molar-refractivity contribution >= 4 is 34.2 Å². The molecule has 0 aliphatic carbocycles. The first-order valence-electron chi connectivity index (χ1n) is 6.90. The summed E-state index contributed by atoms with van der Waals surface area (Å²) in [6.45, 7) is 22.2. The maximum atomic E-state index is 6.46. The summed E-state index contributed by atoms with van der Waals surface area (Å²) >= 11 is 0. The summed E-state index contributed by atoms with van der Waals surface area (Å²) in [6, 6.07) is 0. The predicted molar refractivity (Wildman–Crippen MR) is 92.5 cm³/mol. The molecule has 0 atom stereocenters. The van der Waals surface area contributed by atoms with Crippen molar-refractivity contribution in [2.75, 3.05) is 0 Å². The van der Waals surface area contributed by atoms with E-state index in [-0.39, 0.29) is 5.54 Å². The molecule has 0 radical (unpaired) electrons. The van der Waals surface area contributed by atoms with E-state index in [1.54, 1.807) is 0 Å². The molecule has 1 heterocycles. The lowest BCUT2D eigenvalue weighted by atomic mass is 10.4. The number of allylic oxidation sites excluding steroid dienone is 2. The molecule has 1 aliphatic heterocycles. The van der Waals surface area contributed by atoms with E-state index in [0.717, 1.165) is 0 Å². The molecule has 20 heavy (non-hydrogen) atoms. The van der Waals surface area contributed by atoms with Crippen LogP contribution in [-0.4, -0.2) is 34.2 Å². The zero-order valence-corrected chi connectivity index (χ0v) is 17.8. The molecule has 1 aliphatic rings. The van der Waals surface area contributed by atoms with E-state index in [1.807, 2.05) is 12.2 Å². The Hall–Kier alpha value is 0.188. The fraction of sp³-hybridized carbons (Fsp3) is 0.667. The second kappa shape index (κ2) is 5.76. The van der Waals surface area contributed by atoms with Crippen LogP contribution in [0.1, 0.15) is 0 Å². The molecule has 0 aromatic rings. The summed E-state index contributed by atoms with van der Waals surface area (Å²) in [7, 11) is -9.34. The molecule has 1 fully saturated rings. The van der Waals surface area contributed by atoms with Gasteiger partial charge in [-0.1, -0.05) is 12.2 Å². The SMILES string of the molecule is C=CC(C=C)[Si]1(C)O[Si](C)(C)O[Si](C)(C)O[Si](C)(C)O1. The van der Waals surface area contributed by atoms with Crippen LogP contribution in [0.5, 0.6) is 0 Å². The van der Waals surface area contributed by atoms with Gasteiger partial charge in [0, 0.05) is 5.54 Å². The Kier molecular flexibility index (Phi) is 5.25. The second-order valence-electron chi connectivity index (χ2n) is 6.62. The van der Waals surface area contributed by atoms with Gasteiger partial charge in [0.15, 0.2) is 0 Å². The van der Waals surface area contributed by atoms with Gasteiger partial charge in [-0.25, -0.2) is 0 Å². The van der Waals surface area contributed by atoms with Gasteiger partial charge in [-0.05, 0) is 45.8 Å². The highest BCUT2D eigenvalue weighted by Crippen LogP contribution is 2.37. The van der Waals surface area contributed by atoms with Crippen LogP contribution < -0.4 is 0 Å². The van der Waals surface area contributed by atoms with Gasteiger partial charge >= 0.3 is 34.2 Å². The van der Waals surface area contributed by atoms with Crippen molar-refractivity contribution in [3.05, 3.63) is 25.3 Å². The van der Waals surface area contributed by atoms with Crippen LogP contribution >= 0.6 is 0 Å². The van der Waals surface area contributed by atoms with E-state index in [2.05, 4.69) is 59.0 Å². The molecule has 0 unspecified atom stereocenters. The lowest BCUT2D eigenvalue weighted by Crippen LogP contribution is -2.66. The molecule has 0 aromatic carbocycles. The van der Waals surface area contributed by atoms with Crippen molar-refractivity contribution in [2.24, 2.45) is 0 Å². The van der Waals surface area contributed by atoms with Crippen molar-refractivity contribution in [1.82, 2.24) is 0 Å². The minimum absolute atomic E-state index is 0.0242. The Bertz CT molecular complexity index is 365. The van der Waals surface area contributed by atoms with Gasteiger partial charge in [0.25, 0.3) is 0 Å². The molecule has 0 N–H and O–H groups in total. The maximum Gasteiger partial charge on any atom is 0.328 e. The molecule has 0 saturated carbocycles. The zero-order valence-electron chi connectivity index (χ0n) is 13.8. The third kappa shape index (κ3) is 4.60. The van der Waals surface area contributed by atoms with Crippen LogP contribution in [0, 0.1) is 0 Å². The Morgan fingerprint density at radius 3 is 1.25 bits per heavy atom. The first kappa shape index (κ1) is 18.2. The highest BCUT2D eigenvalue weighted by Gasteiger charge is 2.54. The van der Waals surface area contributed by atoms with Crippen LogP contribution in [0.15, 0.2) is 25.3 Å². The summed E-state index contributed by atoms with van der Waals surface area (Å²) in [5.74, 6) is 0. The van der Waals surface area contributed by atoms with E-state index in [4.69, 9.17) is 16.5 Å². The smallest absolute Gasteiger partial charge is 0.328 e. The van der Waals surface area contributed by atoms with Crippen molar-refractivity contribution in [3.63, 3.8) is 0 Å². The van der Waals surface area contributed by atoms with Crippen LogP contribution in [-0.2, 0) is 16.5 Å². The van der Waals surface area contributed by atoms with E-state index < -0.39 is 34.2 Å². The molecule has 8 heteroatoms. The third-order valence-electron chi connectivity index (χ3n) is 2.99. The van der Waals surface area contributed by atoms with Gasteiger partial charge in [0.1, 0.15) is 0 Å². The first-order chi connectivity index (χ1) is 8.85. The Morgan fingerprint density at radius 2 is 0.950 bits per heavy atom. The van der Waals surface area contributed by atoms with Crippen molar-refractivity contribution in [3.8, 4) is 0 Å². The Balaban J connectivity index is 3.21. The minimum Gasteiger partial charge on any atom is -0.416 e. The zero-order chi connectivity index (χ0) is 15.8. The molecule has 0 bridgehead atoms.